The number of aliphatic carboxylic acids is 1. The van der Waals surface area contributed by atoms with E-state index in [4.69, 9.17) is 9.84 Å². The second-order valence-electron chi connectivity index (χ2n) is 7.26. The molecule has 0 unspecified atom stereocenters. The highest BCUT2D eigenvalue weighted by Crippen LogP contribution is 2.31. The molecule has 2 aromatic carbocycles. The molecule has 0 saturated heterocycles. The van der Waals surface area contributed by atoms with Crippen LogP contribution in [-0.2, 0) is 30.7 Å². The van der Waals surface area contributed by atoms with Crippen LogP contribution in [0.4, 0.5) is 13.2 Å². The lowest BCUT2D eigenvalue weighted by Gasteiger charge is -2.09. The van der Waals surface area contributed by atoms with Crippen molar-refractivity contribution in [1.29, 1.82) is 0 Å². The fourth-order valence-corrected chi connectivity index (χ4v) is 3.51. The number of nitrogens with zero attached hydrogens (tertiary/aromatic N) is 3. The average molecular weight is 443 g/mol. The van der Waals surface area contributed by atoms with Crippen LogP contribution < -0.4 is 4.74 Å². The van der Waals surface area contributed by atoms with Crippen molar-refractivity contribution >= 4 is 16.9 Å². The molecule has 0 spiro atoms. The Morgan fingerprint density at radius 2 is 1.84 bits per heavy atom. The predicted octanol–water partition coefficient (Wildman–Crippen LogP) is 5.21. The summed E-state index contributed by atoms with van der Waals surface area (Å²) in [5, 5.41) is 14.4. The monoisotopic (exact) mass is 443 g/mol. The van der Waals surface area contributed by atoms with E-state index < -0.39 is 17.7 Å². The van der Waals surface area contributed by atoms with Gasteiger partial charge in [-0.25, -0.2) is 0 Å². The summed E-state index contributed by atoms with van der Waals surface area (Å²) in [6.07, 6.45) is -2.67. The Balaban J connectivity index is 1.54. The molecular formula is C23H20F3N3O3. The number of carboxylic acid groups (broad SMARTS) is 1. The fourth-order valence-electron chi connectivity index (χ4n) is 3.51. The van der Waals surface area contributed by atoms with E-state index in [1.54, 1.807) is 33.6 Å². The fraction of sp³-hybridized carbons (Fsp3) is 0.217. The largest absolute Gasteiger partial charge is 0.487 e. The van der Waals surface area contributed by atoms with Gasteiger partial charge in [-0.1, -0.05) is 12.1 Å². The third kappa shape index (κ3) is 4.46. The minimum atomic E-state index is -4.38. The smallest absolute Gasteiger partial charge is 0.416 e. The lowest BCUT2D eigenvalue weighted by molar-refractivity contribution is -0.138. The van der Waals surface area contributed by atoms with Crippen molar-refractivity contribution in [3.05, 3.63) is 72.1 Å². The summed E-state index contributed by atoms with van der Waals surface area (Å²) in [5.41, 5.74) is 1.95. The normalized spacial score (nSPS) is 11.8. The van der Waals surface area contributed by atoms with Crippen molar-refractivity contribution in [2.24, 2.45) is 0 Å². The standard InChI is InChI=1S/C23H20F3N3O3/c1-2-29-18(11-20(27-29)15-3-6-17(7-4-15)23(24,25)26)14-32-19-8-5-16-9-10-28(13-22(30)31)21(16)12-19/h3-12H,2,13-14H2,1H3,(H,30,31). The van der Waals surface area contributed by atoms with E-state index in [9.17, 15) is 18.0 Å². The number of hydrogen-bond donors (Lipinski definition) is 1. The van der Waals surface area contributed by atoms with Gasteiger partial charge in [0.1, 0.15) is 18.9 Å². The number of fused-ring (bicyclic) bond motifs is 1. The molecule has 6 nitrogen and oxygen atoms in total. The maximum atomic E-state index is 12.8. The number of hydrogen-bond acceptors (Lipinski definition) is 3. The van der Waals surface area contributed by atoms with E-state index in [1.165, 1.54) is 12.1 Å². The van der Waals surface area contributed by atoms with E-state index in [0.29, 0.717) is 23.6 Å². The predicted molar refractivity (Wildman–Crippen MR) is 112 cm³/mol. The molecule has 0 atom stereocenters. The number of halogens is 3. The van der Waals surface area contributed by atoms with Gasteiger partial charge in [0, 0.05) is 24.4 Å². The number of rotatable bonds is 7. The van der Waals surface area contributed by atoms with E-state index in [2.05, 4.69) is 5.10 Å². The van der Waals surface area contributed by atoms with Crippen molar-refractivity contribution in [2.45, 2.75) is 32.8 Å². The van der Waals surface area contributed by atoms with Crippen molar-refractivity contribution in [3.8, 4) is 17.0 Å². The Morgan fingerprint density at radius 3 is 2.50 bits per heavy atom. The van der Waals surface area contributed by atoms with Crippen LogP contribution in [-0.4, -0.2) is 25.4 Å². The van der Waals surface area contributed by atoms with Crippen LogP contribution in [0, 0.1) is 0 Å². The molecule has 2 aromatic heterocycles. The highest BCUT2D eigenvalue weighted by Gasteiger charge is 2.30. The van der Waals surface area contributed by atoms with E-state index in [1.807, 2.05) is 19.1 Å². The molecule has 9 heteroatoms. The molecule has 32 heavy (non-hydrogen) atoms. The first-order valence-corrected chi connectivity index (χ1v) is 9.92. The number of carbonyl (C=O) groups is 1. The summed E-state index contributed by atoms with van der Waals surface area (Å²) in [5.74, 6) is -0.362. The zero-order chi connectivity index (χ0) is 22.9. The number of alkyl halides is 3. The topological polar surface area (TPSA) is 69.3 Å². The maximum absolute atomic E-state index is 12.8. The molecule has 0 saturated carbocycles. The molecule has 0 amide bonds. The van der Waals surface area contributed by atoms with Crippen LogP contribution in [0.25, 0.3) is 22.2 Å². The summed E-state index contributed by atoms with van der Waals surface area (Å²) in [4.78, 5) is 11.0. The Labute approximate surface area is 181 Å². The second kappa shape index (κ2) is 8.41. The van der Waals surface area contributed by atoms with Crippen LogP contribution in [0.15, 0.2) is 60.8 Å². The zero-order valence-electron chi connectivity index (χ0n) is 17.1. The second-order valence-corrected chi connectivity index (χ2v) is 7.26. The summed E-state index contributed by atoms with van der Waals surface area (Å²) in [7, 11) is 0. The molecule has 0 radical (unpaired) electrons. The Bertz CT molecular complexity index is 1260. The average Bonchev–Trinajstić information content (AvgIpc) is 3.35. The van der Waals surface area contributed by atoms with Gasteiger partial charge in [-0.2, -0.15) is 18.3 Å². The van der Waals surface area contributed by atoms with Gasteiger partial charge in [-0.3, -0.25) is 9.48 Å². The lowest BCUT2D eigenvalue weighted by atomic mass is 10.1. The van der Waals surface area contributed by atoms with Crippen LogP contribution in [0.2, 0.25) is 0 Å². The molecule has 4 aromatic rings. The molecule has 166 valence electrons. The van der Waals surface area contributed by atoms with Gasteiger partial charge in [0.25, 0.3) is 0 Å². The number of aromatic nitrogens is 3. The van der Waals surface area contributed by atoms with Gasteiger partial charge in [-0.05, 0) is 48.7 Å². The first-order valence-electron chi connectivity index (χ1n) is 9.92. The Kier molecular flexibility index (Phi) is 5.65. The van der Waals surface area contributed by atoms with Crippen molar-refractivity contribution in [2.75, 3.05) is 0 Å². The van der Waals surface area contributed by atoms with Crippen LogP contribution in [0.3, 0.4) is 0 Å². The van der Waals surface area contributed by atoms with Gasteiger partial charge in [0.2, 0.25) is 0 Å². The maximum Gasteiger partial charge on any atom is 0.416 e. The molecule has 0 bridgehead atoms. The molecule has 1 N–H and O–H groups in total. The molecule has 0 aliphatic carbocycles. The van der Waals surface area contributed by atoms with Gasteiger partial charge < -0.3 is 14.4 Å². The molecule has 0 aliphatic rings. The number of benzene rings is 2. The minimum absolute atomic E-state index is 0.147. The van der Waals surface area contributed by atoms with Crippen molar-refractivity contribution in [1.82, 2.24) is 14.3 Å². The van der Waals surface area contributed by atoms with Gasteiger partial charge in [0.05, 0.1) is 22.5 Å². The first kappa shape index (κ1) is 21.5. The molecule has 4 rings (SSSR count). The molecule has 0 fully saturated rings. The number of aryl methyl sites for hydroxylation is 1. The summed E-state index contributed by atoms with van der Waals surface area (Å²) in [6.45, 7) is 2.54. The molecule has 2 heterocycles. The van der Waals surface area contributed by atoms with Gasteiger partial charge in [0.15, 0.2) is 0 Å². The van der Waals surface area contributed by atoms with E-state index in [-0.39, 0.29) is 13.2 Å². The first-order chi connectivity index (χ1) is 15.2. The van der Waals surface area contributed by atoms with Gasteiger partial charge in [-0.15, -0.1) is 0 Å². The van der Waals surface area contributed by atoms with E-state index in [0.717, 1.165) is 28.7 Å². The van der Waals surface area contributed by atoms with E-state index >= 15 is 0 Å². The third-order valence-electron chi connectivity index (χ3n) is 5.11. The van der Waals surface area contributed by atoms with Crippen molar-refractivity contribution < 1.29 is 27.8 Å². The summed E-state index contributed by atoms with van der Waals surface area (Å²) >= 11 is 0. The molecule has 0 aliphatic heterocycles. The SMILES string of the molecule is CCn1nc(-c2ccc(C(F)(F)F)cc2)cc1COc1ccc2ccn(CC(=O)O)c2c1. The Hall–Kier alpha value is -3.75. The number of ether oxygens (including phenoxy) is 1. The van der Waals surface area contributed by atoms with Crippen molar-refractivity contribution in [3.63, 3.8) is 0 Å². The third-order valence-corrected chi connectivity index (χ3v) is 5.11. The van der Waals surface area contributed by atoms with Crippen LogP contribution >= 0.6 is 0 Å². The zero-order valence-corrected chi connectivity index (χ0v) is 17.1. The van der Waals surface area contributed by atoms with Crippen LogP contribution in [0.1, 0.15) is 18.2 Å². The lowest BCUT2D eigenvalue weighted by Crippen LogP contribution is -2.07. The minimum Gasteiger partial charge on any atom is -0.487 e. The highest BCUT2D eigenvalue weighted by molar-refractivity contribution is 5.83. The van der Waals surface area contributed by atoms with Crippen LogP contribution in [0.5, 0.6) is 5.75 Å². The Morgan fingerprint density at radius 1 is 1.09 bits per heavy atom. The summed E-state index contributed by atoms with van der Waals surface area (Å²) < 4.78 is 47.7. The highest BCUT2D eigenvalue weighted by atomic mass is 19.4. The summed E-state index contributed by atoms with van der Waals surface area (Å²) in [6, 6.07) is 13.9. The van der Waals surface area contributed by atoms with Gasteiger partial charge >= 0.3 is 12.1 Å². The number of carboxylic acids is 1. The quantitative estimate of drug-likeness (QED) is 0.426. The molecular weight excluding hydrogens is 423 g/mol.